The summed E-state index contributed by atoms with van der Waals surface area (Å²) in [6.07, 6.45) is 2.63. The molecule has 6 heteroatoms. The molecule has 2 atom stereocenters. The van der Waals surface area contributed by atoms with Gasteiger partial charge in [0.1, 0.15) is 0 Å². The van der Waals surface area contributed by atoms with Crippen LogP contribution in [0.15, 0.2) is 36.5 Å². The molecule has 3 rings (SSSR count). The molecule has 1 aromatic heterocycles. The van der Waals surface area contributed by atoms with Gasteiger partial charge < -0.3 is 10.6 Å². The van der Waals surface area contributed by atoms with Crippen LogP contribution in [0.4, 0.5) is 0 Å². The average Bonchev–Trinajstić information content (AvgIpc) is 2.92. The standard InChI is InChI=1S/C17H22N4O.ClH/c1-12-10-18-9-8-16(12)20-17(22)15-11-19-21(13(15)2)14-6-4-3-5-7-14;/h3-7,11-12,16,18H,8-10H2,1-2H3,(H,20,22);1H. The molecule has 1 fully saturated rings. The predicted molar refractivity (Wildman–Crippen MR) is 93.5 cm³/mol. The van der Waals surface area contributed by atoms with Gasteiger partial charge in [-0.3, -0.25) is 4.79 Å². The first-order valence-electron chi connectivity index (χ1n) is 7.78. The summed E-state index contributed by atoms with van der Waals surface area (Å²) in [7, 11) is 0. The quantitative estimate of drug-likeness (QED) is 0.905. The number of rotatable bonds is 3. The van der Waals surface area contributed by atoms with Crippen LogP contribution in [0, 0.1) is 12.8 Å². The fraction of sp³-hybridized carbons (Fsp3) is 0.412. The Morgan fingerprint density at radius 2 is 2.09 bits per heavy atom. The molecule has 1 aromatic carbocycles. The lowest BCUT2D eigenvalue weighted by Crippen LogP contribution is -2.48. The fourth-order valence-electron chi connectivity index (χ4n) is 2.94. The fourth-order valence-corrected chi connectivity index (χ4v) is 2.94. The van der Waals surface area contributed by atoms with Crippen molar-refractivity contribution in [1.29, 1.82) is 0 Å². The molecule has 2 aromatic rings. The monoisotopic (exact) mass is 334 g/mol. The Hall–Kier alpha value is -1.85. The van der Waals surface area contributed by atoms with Gasteiger partial charge in [0, 0.05) is 6.04 Å². The molecular formula is C17H23ClN4O. The number of benzene rings is 1. The zero-order chi connectivity index (χ0) is 15.5. The van der Waals surface area contributed by atoms with Crippen molar-refractivity contribution in [1.82, 2.24) is 20.4 Å². The van der Waals surface area contributed by atoms with E-state index < -0.39 is 0 Å². The van der Waals surface area contributed by atoms with Gasteiger partial charge in [-0.1, -0.05) is 25.1 Å². The van der Waals surface area contributed by atoms with Gasteiger partial charge in [-0.15, -0.1) is 12.4 Å². The first-order chi connectivity index (χ1) is 10.7. The van der Waals surface area contributed by atoms with Crippen molar-refractivity contribution in [2.75, 3.05) is 13.1 Å². The van der Waals surface area contributed by atoms with Crippen LogP contribution in [0.2, 0.25) is 0 Å². The van der Waals surface area contributed by atoms with Crippen molar-refractivity contribution in [3.63, 3.8) is 0 Å². The summed E-state index contributed by atoms with van der Waals surface area (Å²) in [4.78, 5) is 12.5. The first-order valence-corrected chi connectivity index (χ1v) is 7.78. The van der Waals surface area contributed by atoms with Crippen LogP contribution in [-0.4, -0.2) is 34.8 Å². The van der Waals surface area contributed by atoms with Gasteiger partial charge >= 0.3 is 0 Å². The summed E-state index contributed by atoms with van der Waals surface area (Å²) in [5, 5.41) is 10.9. The van der Waals surface area contributed by atoms with E-state index in [9.17, 15) is 4.79 Å². The van der Waals surface area contributed by atoms with Gasteiger partial charge in [0.2, 0.25) is 0 Å². The lowest BCUT2D eigenvalue weighted by molar-refractivity contribution is 0.0913. The molecule has 1 aliphatic heterocycles. The minimum atomic E-state index is -0.0292. The Kier molecular flexibility index (Phi) is 5.80. The lowest BCUT2D eigenvalue weighted by atomic mass is 9.95. The van der Waals surface area contributed by atoms with Crippen LogP contribution < -0.4 is 10.6 Å². The highest BCUT2D eigenvalue weighted by molar-refractivity contribution is 5.95. The average molecular weight is 335 g/mol. The van der Waals surface area contributed by atoms with Crippen LogP contribution in [0.25, 0.3) is 5.69 Å². The molecule has 1 aliphatic rings. The molecule has 1 saturated heterocycles. The second-order valence-corrected chi connectivity index (χ2v) is 5.94. The minimum Gasteiger partial charge on any atom is -0.349 e. The molecule has 0 saturated carbocycles. The molecule has 124 valence electrons. The number of hydrogen-bond donors (Lipinski definition) is 2. The van der Waals surface area contributed by atoms with E-state index in [0.717, 1.165) is 30.9 Å². The number of hydrogen-bond acceptors (Lipinski definition) is 3. The van der Waals surface area contributed by atoms with Crippen molar-refractivity contribution in [3.8, 4) is 5.69 Å². The minimum absolute atomic E-state index is 0. The van der Waals surface area contributed by atoms with Crippen LogP contribution in [0.5, 0.6) is 0 Å². The largest absolute Gasteiger partial charge is 0.349 e. The second kappa shape index (κ2) is 7.62. The maximum Gasteiger partial charge on any atom is 0.254 e. The number of carbonyl (C=O) groups is 1. The highest BCUT2D eigenvalue weighted by atomic mass is 35.5. The van der Waals surface area contributed by atoms with E-state index in [1.54, 1.807) is 10.9 Å². The number of para-hydroxylation sites is 1. The van der Waals surface area contributed by atoms with Gasteiger partial charge in [-0.2, -0.15) is 5.10 Å². The predicted octanol–water partition coefficient (Wildman–Crippen LogP) is 2.33. The molecule has 2 N–H and O–H groups in total. The number of nitrogens with zero attached hydrogens (tertiary/aromatic N) is 2. The molecule has 1 amide bonds. The number of amides is 1. The second-order valence-electron chi connectivity index (χ2n) is 5.94. The lowest BCUT2D eigenvalue weighted by Gasteiger charge is -2.30. The zero-order valence-corrected chi connectivity index (χ0v) is 14.3. The zero-order valence-electron chi connectivity index (χ0n) is 13.5. The smallest absolute Gasteiger partial charge is 0.254 e. The number of carbonyl (C=O) groups excluding carboxylic acids is 1. The maximum absolute atomic E-state index is 12.5. The highest BCUT2D eigenvalue weighted by Crippen LogP contribution is 2.16. The van der Waals surface area contributed by atoms with E-state index in [2.05, 4.69) is 22.7 Å². The van der Waals surface area contributed by atoms with E-state index in [4.69, 9.17) is 0 Å². The summed E-state index contributed by atoms with van der Waals surface area (Å²) >= 11 is 0. The van der Waals surface area contributed by atoms with Gasteiger partial charge in [0.15, 0.2) is 0 Å². The van der Waals surface area contributed by atoms with Crippen LogP contribution >= 0.6 is 12.4 Å². The van der Waals surface area contributed by atoms with E-state index >= 15 is 0 Å². The summed E-state index contributed by atoms with van der Waals surface area (Å²) in [5.41, 5.74) is 2.48. The SMILES string of the molecule is Cc1c(C(=O)NC2CCNCC2C)cnn1-c1ccccc1.Cl. The first kappa shape index (κ1) is 17.5. The van der Waals surface area contributed by atoms with E-state index in [-0.39, 0.29) is 24.4 Å². The molecular weight excluding hydrogens is 312 g/mol. The number of piperidine rings is 1. The Labute approximate surface area is 142 Å². The van der Waals surface area contributed by atoms with E-state index in [1.165, 1.54) is 0 Å². The Morgan fingerprint density at radius 1 is 1.35 bits per heavy atom. The van der Waals surface area contributed by atoms with Gasteiger partial charge in [0.25, 0.3) is 5.91 Å². The summed E-state index contributed by atoms with van der Waals surface area (Å²) < 4.78 is 1.81. The van der Waals surface area contributed by atoms with Crippen LogP contribution in [-0.2, 0) is 0 Å². The molecule has 0 spiro atoms. The van der Waals surface area contributed by atoms with E-state index in [0.29, 0.717) is 11.5 Å². The molecule has 2 unspecified atom stereocenters. The Balaban J connectivity index is 0.00000192. The molecule has 0 aliphatic carbocycles. The third-order valence-electron chi connectivity index (χ3n) is 4.36. The third-order valence-corrected chi connectivity index (χ3v) is 4.36. The number of halogens is 1. The van der Waals surface area contributed by atoms with Crippen molar-refractivity contribution in [2.45, 2.75) is 26.3 Å². The maximum atomic E-state index is 12.5. The van der Waals surface area contributed by atoms with Gasteiger partial charge in [0.05, 0.1) is 23.1 Å². The van der Waals surface area contributed by atoms with Crippen molar-refractivity contribution in [3.05, 3.63) is 47.8 Å². The third kappa shape index (κ3) is 3.74. The number of aromatic nitrogens is 2. The van der Waals surface area contributed by atoms with Gasteiger partial charge in [-0.05, 0) is 44.5 Å². The van der Waals surface area contributed by atoms with E-state index in [1.807, 2.05) is 37.3 Å². The Morgan fingerprint density at radius 3 is 2.78 bits per heavy atom. The Bertz CT molecular complexity index is 656. The molecule has 0 radical (unpaired) electrons. The topological polar surface area (TPSA) is 59.0 Å². The van der Waals surface area contributed by atoms with Crippen LogP contribution in [0.1, 0.15) is 29.4 Å². The normalized spacial score (nSPS) is 20.6. The molecule has 5 nitrogen and oxygen atoms in total. The van der Waals surface area contributed by atoms with Crippen molar-refractivity contribution in [2.24, 2.45) is 5.92 Å². The molecule has 2 heterocycles. The molecule has 23 heavy (non-hydrogen) atoms. The summed E-state index contributed by atoms with van der Waals surface area (Å²) in [5.74, 6) is 0.417. The van der Waals surface area contributed by atoms with Gasteiger partial charge in [-0.25, -0.2) is 4.68 Å². The summed E-state index contributed by atoms with van der Waals surface area (Å²) in [6, 6.07) is 10.1. The summed E-state index contributed by atoms with van der Waals surface area (Å²) in [6.45, 7) is 6.00. The molecule has 0 bridgehead atoms. The van der Waals surface area contributed by atoms with Crippen LogP contribution in [0.3, 0.4) is 0 Å². The number of nitrogens with one attached hydrogen (secondary N) is 2. The highest BCUT2D eigenvalue weighted by Gasteiger charge is 2.24. The van der Waals surface area contributed by atoms with Crippen molar-refractivity contribution < 1.29 is 4.79 Å². The van der Waals surface area contributed by atoms with Crippen molar-refractivity contribution >= 4 is 18.3 Å².